The van der Waals surface area contributed by atoms with Crippen molar-refractivity contribution in [3.8, 4) is 5.75 Å². The van der Waals surface area contributed by atoms with Crippen molar-refractivity contribution in [1.29, 1.82) is 0 Å². The number of phenols is 1. The Bertz CT molecular complexity index is 500. The molecule has 0 aliphatic carbocycles. The highest BCUT2D eigenvalue weighted by Crippen LogP contribution is 2.24. The molecule has 0 aliphatic rings. The highest BCUT2D eigenvalue weighted by Gasteiger charge is 2.23. The number of carbonyl (C=O) groups excluding carboxylic acids is 2. The minimum absolute atomic E-state index is 0.0329. The first-order valence-corrected chi connectivity index (χ1v) is 5.74. The molecule has 0 fully saturated rings. The number of nitrogens with zero attached hydrogens (tertiary/aromatic N) is 1. The van der Waals surface area contributed by atoms with Crippen molar-refractivity contribution in [2.45, 2.75) is 13.5 Å². The third-order valence-electron chi connectivity index (χ3n) is 2.33. The van der Waals surface area contributed by atoms with Crippen LogP contribution in [0, 0.1) is 5.82 Å². The zero-order chi connectivity index (χ0) is 14.6. The third kappa shape index (κ3) is 3.75. The second-order valence-electron chi connectivity index (χ2n) is 4.26. The molecule has 0 radical (unpaired) electrons. The fraction of sp³-hybridized carbons (Fsp3) is 0.385. The molecular weight excluding hydrogens is 253 g/mol. The van der Waals surface area contributed by atoms with Gasteiger partial charge in [-0.2, -0.15) is 0 Å². The number of halogens is 1. The molecule has 0 atom stereocenters. The van der Waals surface area contributed by atoms with E-state index in [1.54, 1.807) is 25.9 Å². The maximum Gasteiger partial charge on any atom is 0.379 e. The lowest BCUT2D eigenvalue weighted by atomic mass is 10.0. The number of phenolic OH excluding ortho intramolecular Hbond substituents is 1. The van der Waals surface area contributed by atoms with Crippen LogP contribution in [0.1, 0.15) is 22.8 Å². The molecule has 0 aliphatic heterocycles. The Morgan fingerprint density at radius 1 is 1.37 bits per heavy atom. The van der Waals surface area contributed by atoms with E-state index in [9.17, 15) is 19.1 Å². The Kier molecular flexibility index (Phi) is 5.00. The number of ether oxygens (including phenoxy) is 1. The number of carbonyl (C=O) groups is 2. The molecule has 1 N–H and O–H groups in total. The molecule has 19 heavy (non-hydrogen) atoms. The van der Waals surface area contributed by atoms with Gasteiger partial charge in [-0.15, -0.1) is 0 Å². The Balaban J connectivity index is 3.15. The van der Waals surface area contributed by atoms with Crippen LogP contribution in [-0.4, -0.2) is 42.5 Å². The number of rotatable bonds is 5. The number of hydrogen-bond donors (Lipinski definition) is 1. The van der Waals surface area contributed by atoms with Crippen LogP contribution in [-0.2, 0) is 16.1 Å². The summed E-state index contributed by atoms with van der Waals surface area (Å²) in [7, 11) is 3.55. The molecule has 1 rings (SSSR count). The van der Waals surface area contributed by atoms with Crippen molar-refractivity contribution in [2.75, 3.05) is 20.7 Å². The van der Waals surface area contributed by atoms with E-state index in [4.69, 9.17) is 0 Å². The van der Waals surface area contributed by atoms with Crippen molar-refractivity contribution < 1.29 is 23.8 Å². The molecule has 1 aromatic carbocycles. The number of benzene rings is 1. The van der Waals surface area contributed by atoms with Crippen LogP contribution in [0.3, 0.4) is 0 Å². The zero-order valence-corrected chi connectivity index (χ0v) is 11.1. The van der Waals surface area contributed by atoms with Gasteiger partial charge in [-0.25, -0.2) is 9.18 Å². The molecule has 0 aromatic heterocycles. The highest BCUT2D eigenvalue weighted by atomic mass is 19.1. The smallest absolute Gasteiger partial charge is 0.379 e. The second-order valence-corrected chi connectivity index (χ2v) is 4.26. The quantitative estimate of drug-likeness (QED) is 0.496. The van der Waals surface area contributed by atoms with E-state index in [2.05, 4.69) is 4.74 Å². The molecule has 0 amide bonds. The summed E-state index contributed by atoms with van der Waals surface area (Å²) < 4.78 is 18.1. The number of Topliss-reactive ketones (excluding diaryl/α,β-unsaturated/α-hetero) is 1. The summed E-state index contributed by atoms with van der Waals surface area (Å²) in [5, 5.41) is 9.53. The van der Waals surface area contributed by atoms with Gasteiger partial charge in [0.25, 0.3) is 5.78 Å². The molecule has 6 heteroatoms. The van der Waals surface area contributed by atoms with E-state index in [-0.39, 0.29) is 12.2 Å². The fourth-order valence-corrected chi connectivity index (χ4v) is 1.59. The summed E-state index contributed by atoms with van der Waals surface area (Å²) in [6.07, 6.45) is 0. The van der Waals surface area contributed by atoms with Gasteiger partial charge in [0.2, 0.25) is 0 Å². The van der Waals surface area contributed by atoms with Gasteiger partial charge in [0.05, 0.1) is 12.2 Å². The molecule has 1 aromatic rings. The van der Waals surface area contributed by atoms with Gasteiger partial charge in [-0.3, -0.25) is 4.79 Å². The van der Waals surface area contributed by atoms with Crippen LogP contribution in [0.5, 0.6) is 5.75 Å². The minimum Gasteiger partial charge on any atom is -0.504 e. The molecule has 0 heterocycles. The standard InChI is InChI=1S/C13H16FNO4/c1-4-19-13(18)12(17)9-5-8(7-15(2)3)6-10(14)11(9)16/h5-6,16H,4,7H2,1-3H3. The van der Waals surface area contributed by atoms with Crippen LogP contribution >= 0.6 is 0 Å². The average Bonchev–Trinajstić information content (AvgIpc) is 2.32. The van der Waals surface area contributed by atoms with E-state index in [1.165, 1.54) is 6.07 Å². The zero-order valence-electron chi connectivity index (χ0n) is 11.1. The Morgan fingerprint density at radius 3 is 2.53 bits per heavy atom. The van der Waals surface area contributed by atoms with Crippen LogP contribution < -0.4 is 0 Å². The molecule has 0 bridgehead atoms. The molecule has 5 nitrogen and oxygen atoms in total. The summed E-state index contributed by atoms with van der Waals surface area (Å²) in [6.45, 7) is 1.96. The molecule has 0 saturated heterocycles. The summed E-state index contributed by atoms with van der Waals surface area (Å²) >= 11 is 0. The van der Waals surface area contributed by atoms with Gasteiger partial charge in [0.15, 0.2) is 11.6 Å². The minimum atomic E-state index is -1.11. The SMILES string of the molecule is CCOC(=O)C(=O)c1cc(CN(C)C)cc(F)c1O. The van der Waals surface area contributed by atoms with Crippen molar-refractivity contribution >= 4 is 11.8 Å². The summed E-state index contributed by atoms with van der Waals surface area (Å²) in [5.41, 5.74) is 0.100. The predicted molar refractivity (Wildman–Crippen MR) is 66.4 cm³/mol. The predicted octanol–water partition coefficient (Wildman–Crippen LogP) is 1.34. The number of esters is 1. The van der Waals surface area contributed by atoms with E-state index in [0.717, 1.165) is 6.07 Å². The monoisotopic (exact) mass is 269 g/mol. The van der Waals surface area contributed by atoms with Gasteiger partial charge < -0.3 is 14.7 Å². The second kappa shape index (κ2) is 6.29. The Labute approximate surface area is 110 Å². The van der Waals surface area contributed by atoms with Crippen molar-refractivity contribution in [3.63, 3.8) is 0 Å². The Morgan fingerprint density at radius 2 is 2.00 bits per heavy atom. The van der Waals surface area contributed by atoms with Gasteiger partial charge in [-0.1, -0.05) is 0 Å². The highest BCUT2D eigenvalue weighted by molar-refractivity contribution is 6.41. The van der Waals surface area contributed by atoms with E-state index < -0.39 is 23.3 Å². The van der Waals surface area contributed by atoms with E-state index in [1.807, 2.05) is 0 Å². The first-order chi connectivity index (χ1) is 8.86. The maximum absolute atomic E-state index is 13.5. The van der Waals surface area contributed by atoms with E-state index >= 15 is 0 Å². The van der Waals surface area contributed by atoms with Gasteiger partial charge in [0, 0.05) is 6.54 Å². The fourth-order valence-electron chi connectivity index (χ4n) is 1.59. The summed E-state index contributed by atoms with van der Waals surface area (Å²) in [5.74, 6) is -3.94. The number of ketones is 1. The van der Waals surface area contributed by atoms with Gasteiger partial charge in [-0.05, 0) is 38.7 Å². The molecular formula is C13H16FNO4. The average molecular weight is 269 g/mol. The van der Waals surface area contributed by atoms with E-state index in [0.29, 0.717) is 12.1 Å². The van der Waals surface area contributed by atoms with Crippen molar-refractivity contribution in [1.82, 2.24) is 4.90 Å². The number of hydrogen-bond acceptors (Lipinski definition) is 5. The van der Waals surface area contributed by atoms with Crippen LogP contribution in [0.2, 0.25) is 0 Å². The third-order valence-corrected chi connectivity index (χ3v) is 2.33. The molecule has 0 spiro atoms. The van der Waals surface area contributed by atoms with Gasteiger partial charge >= 0.3 is 5.97 Å². The first kappa shape index (κ1) is 15.1. The lowest BCUT2D eigenvalue weighted by Crippen LogP contribution is -2.19. The topological polar surface area (TPSA) is 66.8 Å². The Hall–Kier alpha value is -1.95. The molecule has 0 saturated carbocycles. The van der Waals surface area contributed by atoms with Crippen molar-refractivity contribution in [2.24, 2.45) is 0 Å². The summed E-state index contributed by atoms with van der Waals surface area (Å²) in [4.78, 5) is 24.8. The van der Waals surface area contributed by atoms with Crippen molar-refractivity contribution in [3.05, 3.63) is 29.1 Å². The largest absolute Gasteiger partial charge is 0.504 e. The summed E-state index contributed by atoms with van der Waals surface area (Å²) in [6, 6.07) is 2.41. The number of aromatic hydroxyl groups is 1. The lowest BCUT2D eigenvalue weighted by Gasteiger charge is -2.12. The van der Waals surface area contributed by atoms with Crippen LogP contribution in [0.15, 0.2) is 12.1 Å². The first-order valence-electron chi connectivity index (χ1n) is 5.74. The van der Waals surface area contributed by atoms with Crippen LogP contribution in [0.4, 0.5) is 4.39 Å². The maximum atomic E-state index is 13.5. The molecule has 0 unspecified atom stereocenters. The lowest BCUT2D eigenvalue weighted by molar-refractivity contribution is -0.137. The van der Waals surface area contributed by atoms with Crippen LogP contribution in [0.25, 0.3) is 0 Å². The molecule has 104 valence electrons. The van der Waals surface area contributed by atoms with Gasteiger partial charge in [0.1, 0.15) is 0 Å². The normalized spacial score (nSPS) is 10.6.